The van der Waals surface area contributed by atoms with Crippen LogP contribution >= 0.6 is 0 Å². The third kappa shape index (κ3) is 2.91. The molecule has 4 heteroatoms. The number of methoxy groups -OCH3 is 1. The molecule has 0 amide bonds. The zero-order valence-corrected chi connectivity index (χ0v) is 14.6. The summed E-state index contributed by atoms with van der Waals surface area (Å²) in [4.78, 5) is 25.0. The van der Waals surface area contributed by atoms with Crippen LogP contribution in [0.2, 0.25) is 0 Å². The minimum atomic E-state index is -1.12. The lowest BCUT2D eigenvalue weighted by atomic mass is 9.92. The summed E-state index contributed by atoms with van der Waals surface area (Å²) in [5.74, 6) is -0.680. The van der Waals surface area contributed by atoms with Crippen LogP contribution in [-0.4, -0.2) is 24.0 Å². The van der Waals surface area contributed by atoms with Gasteiger partial charge in [0.1, 0.15) is 5.75 Å². The van der Waals surface area contributed by atoms with Crippen molar-refractivity contribution in [2.45, 2.75) is 0 Å². The summed E-state index contributed by atoms with van der Waals surface area (Å²) in [6.45, 7) is 0. The first-order valence-electron chi connectivity index (χ1n) is 8.46. The van der Waals surface area contributed by atoms with Crippen molar-refractivity contribution in [3.05, 3.63) is 89.5 Å². The molecule has 4 aromatic rings. The monoisotopic (exact) mass is 356 g/mol. The molecule has 0 radical (unpaired) electrons. The van der Waals surface area contributed by atoms with Gasteiger partial charge in [-0.2, -0.15) is 0 Å². The SMILES string of the molecule is COc1ccc2cc(C(=O)c3c(C(=O)O)ccc4ccccc34)ccc2c1. The lowest BCUT2D eigenvalue weighted by molar-refractivity contribution is 0.0693. The summed E-state index contributed by atoms with van der Waals surface area (Å²) in [5.41, 5.74) is 0.675. The molecule has 1 N–H and O–H groups in total. The number of carboxylic acid groups (broad SMARTS) is 1. The summed E-state index contributed by atoms with van der Waals surface area (Å²) in [6.07, 6.45) is 0. The maximum absolute atomic E-state index is 13.3. The molecule has 0 aliphatic carbocycles. The third-order valence-corrected chi connectivity index (χ3v) is 4.70. The van der Waals surface area contributed by atoms with Crippen LogP contribution in [0.1, 0.15) is 26.3 Å². The van der Waals surface area contributed by atoms with Gasteiger partial charge in [0.25, 0.3) is 0 Å². The highest BCUT2D eigenvalue weighted by Gasteiger charge is 2.21. The minimum Gasteiger partial charge on any atom is -0.497 e. The molecule has 0 aliphatic heterocycles. The lowest BCUT2D eigenvalue weighted by Gasteiger charge is -2.11. The molecule has 4 rings (SSSR count). The largest absolute Gasteiger partial charge is 0.497 e. The van der Waals surface area contributed by atoms with Gasteiger partial charge in [0.2, 0.25) is 0 Å². The Labute approximate surface area is 155 Å². The number of ether oxygens (including phenoxy) is 1. The van der Waals surface area contributed by atoms with E-state index in [0.29, 0.717) is 10.9 Å². The highest BCUT2D eigenvalue weighted by Crippen LogP contribution is 2.28. The Hall–Kier alpha value is -3.66. The molecule has 0 atom stereocenters. The predicted octanol–water partition coefficient (Wildman–Crippen LogP) is 4.93. The van der Waals surface area contributed by atoms with Crippen molar-refractivity contribution in [3.63, 3.8) is 0 Å². The van der Waals surface area contributed by atoms with Crippen LogP contribution in [0.25, 0.3) is 21.5 Å². The van der Waals surface area contributed by atoms with E-state index in [1.54, 1.807) is 37.4 Å². The van der Waals surface area contributed by atoms with E-state index in [2.05, 4.69) is 0 Å². The number of hydrogen-bond acceptors (Lipinski definition) is 3. The normalized spacial score (nSPS) is 10.9. The highest BCUT2D eigenvalue weighted by molar-refractivity contribution is 6.21. The predicted molar refractivity (Wildman–Crippen MR) is 105 cm³/mol. The molecule has 132 valence electrons. The van der Waals surface area contributed by atoms with Crippen molar-refractivity contribution < 1.29 is 19.4 Å². The summed E-state index contributed by atoms with van der Waals surface area (Å²) in [7, 11) is 1.60. The Morgan fingerprint density at radius 3 is 2.30 bits per heavy atom. The number of ketones is 1. The van der Waals surface area contributed by atoms with Crippen molar-refractivity contribution >= 4 is 33.3 Å². The highest BCUT2D eigenvalue weighted by atomic mass is 16.5. The number of rotatable bonds is 4. The van der Waals surface area contributed by atoms with Crippen molar-refractivity contribution in [1.29, 1.82) is 0 Å². The van der Waals surface area contributed by atoms with E-state index in [4.69, 9.17) is 4.74 Å². The molecule has 0 bridgehead atoms. The number of fused-ring (bicyclic) bond motifs is 2. The van der Waals surface area contributed by atoms with Crippen LogP contribution in [0.5, 0.6) is 5.75 Å². The number of hydrogen-bond donors (Lipinski definition) is 1. The van der Waals surface area contributed by atoms with Crippen LogP contribution < -0.4 is 4.74 Å². The van der Waals surface area contributed by atoms with Gasteiger partial charge in [-0.1, -0.05) is 48.5 Å². The molecule has 4 nitrogen and oxygen atoms in total. The van der Waals surface area contributed by atoms with Gasteiger partial charge in [-0.3, -0.25) is 4.79 Å². The van der Waals surface area contributed by atoms with E-state index >= 15 is 0 Å². The zero-order valence-electron chi connectivity index (χ0n) is 14.6. The summed E-state index contributed by atoms with van der Waals surface area (Å²) >= 11 is 0. The number of aromatic carboxylic acids is 1. The molecule has 0 saturated carbocycles. The Bertz CT molecular complexity index is 1210. The summed E-state index contributed by atoms with van der Waals surface area (Å²) in [6, 6.07) is 21.5. The molecule has 0 fully saturated rings. The van der Waals surface area contributed by atoms with E-state index in [-0.39, 0.29) is 16.9 Å². The second kappa shape index (κ2) is 6.57. The summed E-state index contributed by atoms with van der Waals surface area (Å²) in [5, 5.41) is 12.9. The van der Waals surface area contributed by atoms with Gasteiger partial charge < -0.3 is 9.84 Å². The van der Waals surface area contributed by atoms with Crippen LogP contribution in [0, 0.1) is 0 Å². The van der Waals surface area contributed by atoms with Crippen LogP contribution in [-0.2, 0) is 0 Å². The Morgan fingerprint density at radius 2 is 1.52 bits per heavy atom. The molecule has 4 aromatic carbocycles. The van der Waals surface area contributed by atoms with Crippen molar-refractivity contribution in [1.82, 2.24) is 0 Å². The molecule has 27 heavy (non-hydrogen) atoms. The first kappa shape index (κ1) is 16.8. The van der Waals surface area contributed by atoms with Gasteiger partial charge >= 0.3 is 5.97 Å². The number of carbonyl (C=O) groups is 2. The van der Waals surface area contributed by atoms with Crippen LogP contribution in [0.3, 0.4) is 0 Å². The fraction of sp³-hybridized carbons (Fsp3) is 0.0435. The average molecular weight is 356 g/mol. The fourth-order valence-electron chi connectivity index (χ4n) is 3.33. The van der Waals surface area contributed by atoms with Gasteiger partial charge in [0.15, 0.2) is 5.78 Å². The summed E-state index contributed by atoms with van der Waals surface area (Å²) < 4.78 is 5.23. The fourth-order valence-corrected chi connectivity index (χ4v) is 3.33. The van der Waals surface area contributed by atoms with E-state index in [0.717, 1.165) is 21.9 Å². The average Bonchev–Trinajstić information content (AvgIpc) is 2.71. The maximum atomic E-state index is 13.3. The van der Waals surface area contributed by atoms with E-state index in [9.17, 15) is 14.7 Å². The molecular weight excluding hydrogens is 340 g/mol. The van der Waals surface area contributed by atoms with E-state index < -0.39 is 5.97 Å². The minimum absolute atomic E-state index is 0.00790. The second-order valence-electron chi connectivity index (χ2n) is 6.27. The quantitative estimate of drug-likeness (QED) is 0.527. The van der Waals surface area contributed by atoms with Gasteiger partial charge in [-0.25, -0.2) is 4.79 Å². The van der Waals surface area contributed by atoms with Gasteiger partial charge in [-0.15, -0.1) is 0 Å². The molecular formula is C23H16O4. The molecule has 0 saturated heterocycles. The van der Waals surface area contributed by atoms with Crippen molar-refractivity contribution in [2.75, 3.05) is 7.11 Å². The van der Waals surface area contributed by atoms with Crippen LogP contribution in [0.15, 0.2) is 72.8 Å². The van der Waals surface area contributed by atoms with E-state index in [1.807, 2.05) is 36.4 Å². The first-order valence-corrected chi connectivity index (χ1v) is 8.46. The lowest BCUT2D eigenvalue weighted by Crippen LogP contribution is -2.10. The Balaban J connectivity index is 1.91. The van der Waals surface area contributed by atoms with Crippen molar-refractivity contribution in [2.24, 2.45) is 0 Å². The maximum Gasteiger partial charge on any atom is 0.336 e. The molecule has 0 heterocycles. The van der Waals surface area contributed by atoms with Crippen LogP contribution in [0.4, 0.5) is 0 Å². The Morgan fingerprint density at radius 1 is 0.815 bits per heavy atom. The van der Waals surface area contributed by atoms with Gasteiger partial charge in [0, 0.05) is 11.1 Å². The number of benzene rings is 4. The zero-order chi connectivity index (χ0) is 19.0. The molecule has 0 spiro atoms. The third-order valence-electron chi connectivity index (χ3n) is 4.70. The smallest absolute Gasteiger partial charge is 0.336 e. The number of carboxylic acids is 1. The topological polar surface area (TPSA) is 63.6 Å². The molecule has 0 aliphatic rings. The van der Waals surface area contributed by atoms with Gasteiger partial charge in [0.05, 0.1) is 12.7 Å². The first-order chi connectivity index (χ1) is 13.1. The standard InChI is InChI=1S/C23H16O4/c1-27-18-10-8-15-12-17(7-6-16(15)13-18)22(24)21-19-5-3-2-4-14(19)9-11-20(21)23(25)26/h2-13H,1H3,(H,25,26). The van der Waals surface area contributed by atoms with Crippen molar-refractivity contribution in [3.8, 4) is 5.75 Å². The van der Waals surface area contributed by atoms with E-state index in [1.165, 1.54) is 6.07 Å². The second-order valence-corrected chi connectivity index (χ2v) is 6.27. The molecule has 0 unspecified atom stereocenters. The number of carbonyl (C=O) groups excluding carboxylic acids is 1. The molecule has 0 aromatic heterocycles. The van der Waals surface area contributed by atoms with Gasteiger partial charge in [-0.05, 0) is 45.8 Å². The Kier molecular flexibility index (Phi) is 4.09.